The third-order valence-corrected chi connectivity index (χ3v) is 7.18. The molecule has 2 aliphatic rings. The van der Waals surface area contributed by atoms with Crippen LogP contribution < -0.4 is 9.80 Å². The molecule has 0 radical (unpaired) electrons. The quantitative estimate of drug-likeness (QED) is 0.383. The van der Waals surface area contributed by atoms with Crippen LogP contribution in [0.25, 0.3) is 11.6 Å². The Labute approximate surface area is 205 Å². The Kier molecular flexibility index (Phi) is 6.67. The number of pyridine rings is 1. The zero-order valence-electron chi connectivity index (χ0n) is 19.5. The van der Waals surface area contributed by atoms with E-state index in [-0.39, 0.29) is 18.0 Å². The van der Waals surface area contributed by atoms with E-state index in [0.29, 0.717) is 50.1 Å². The third-order valence-electron chi connectivity index (χ3n) is 6.63. The molecule has 0 saturated carbocycles. The van der Waals surface area contributed by atoms with E-state index in [4.69, 9.17) is 4.98 Å². The number of rotatable bonds is 5. The number of nitrogens with zero attached hydrogens (tertiary/aromatic N) is 8. The van der Waals surface area contributed by atoms with Crippen molar-refractivity contribution in [1.29, 1.82) is 0 Å². The van der Waals surface area contributed by atoms with E-state index in [1.807, 2.05) is 24.8 Å². The molecular weight excluding hydrogens is 471 g/mol. The van der Waals surface area contributed by atoms with E-state index < -0.39 is 17.0 Å². The summed E-state index contributed by atoms with van der Waals surface area (Å²) in [5, 5.41) is 0. The first-order chi connectivity index (χ1) is 16.9. The first-order valence-electron chi connectivity index (χ1n) is 11.5. The molecular formula is C23H26FN8O2S-. The lowest BCUT2D eigenvalue weighted by molar-refractivity contribution is 0.218. The van der Waals surface area contributed by atoms with Gasteiger partial charge in [0, 0.05) is 80.6 Å². The van der Waals surface area contributed by atoms with Crippen LogP contribution in [0.1, 0.15) is 31.1 Å². The number of anilines is 2. The van der Waals surface area contributed by atoms with E-state index in [2.05, 4.69) is 29.7 Å². The van der Waals surface area contributed by atoms with Crippen molar-refractivity contribution in [3.63, 3.8) is 0 Å². The Morgan fingerprint density at radius 1 is 1.09 bits per heavy atom. The summed E-state index contributed by atoms with van der Waals surface area (Å²) in [6, 6.07) is 5.04. The standard InChI is InChI=1S/C23H27FN8O2S/c1-15-13-30(8-9-31(15)14-35(33)34)17-10-20(24)29-21(11-17)32-7-4-19-18(16(32)2)12-27-23(28-19)22-25-5-3-6-26-22/h3,5-6,10-12,15-16H,4,7-9,13-14H2,1-2H3,(H,33,34)/p-1. The van der Waals surface area contributed by atoms with Gasteiger partial charge in [-0.15, -0.1) is 0 Å². The highest BCUT2D eigenvalue weighted by Gasteiger charge is 2.29. The highest BCUT2D eigenvalue weighted by molar-refractivity contribution is 7.79. The van der Waals surface area contributed by atoms with Gasteiger partial charge in [0.2, 0.25) is 5.95 Å². The first-order valence-corrected chi connectivity index (χ1v) is 12.8. The molecule has 0 bridgehead atoms. The van der Waals surface area contributed by atoms with Gasteiger partial charge >= 0.3 is 0 Å². The fourth-order valence-electron chi connectivity index (χ4n) is 4.76. The number of fused-ring (bicyclic) bond motifs is 1. The smallest absolute Gasteiger partial charge is 0.216 e. The van der Waals surface area contributed by atoms with Gasteiger partial charge in [0.05, 0.1) is 17.6 Å². The summed E-state index contributed by atoms with van der Waals surface area (Å²) < 4.78 is 36.9. The van der Waals surface area contributed by atoms with Crippen LogP contribution in [0.15, 0.2) is 36.8 Å². The Morgan fingerprint density at radius 3 is 2.63 bits per heavy atom. The second-order valence-corrected chi connectivity index (χ2v) is 9.70. The van der Waals surface area contributed by atoms with Crippen molar-refractivity contribution < 1.29 is 13.2 Å². The highest BCUT2D eigenvalue weighted by atomic mass is 32.2. The molecule has 0 aromatic carbocycles. The molecule has 3 aromatic rings. The summed E-state index contributed by atoms with van der Waals surface area (Å²) >= 11 is -2.12. The average Bonchev–Trinajstić information content (AvgIpc) is 2.85. The molecule has 2 aliphatic heterocycles. The maximum Gasteiger partial charge on any atom is 0.216 e. The molecule has 1 fully saturated rings. The van der Waals surface area contributed by atoms with Gasteiger partial charge in [-0.3, -0.25) is 9.11 Å². The minimum atomic E-state index is -2.12. The first kappa shape index (κ1) is 23.6. The molecule has 5 rings (SSSR count). The van der Waals surface area contributed by atoms with E-state index in [0.717, 1.165) is 16.9 Å². The van der Waals surface area contributed by atoms with E-state index >= 15 is 0 Å². The van der Waals surface area contributed by atoms with Gasteiger partial charge in [0.25, 0.3) is 0 Å². The van der Waals surface area contributed by atoms with Crippen molar-refractivity contribution in [2.45, 2.75) is 32.4 Å². The largest absolute Gasteiger partial charge is 0.771 e. The third kappa shape index (κ3) is 5.00. The zero-order chi connectivity index (χ0) is 24.5. The zero-order valence-corrected chi connectivity index (χ0v) is 20.4. The van der Waals surface area contributed by atoms with Crippen LogP contribution in [-0.4, -0.2) is 76.7 Å². The molecule has 10 nitrogen and oxygen atoms in total. The maximum absolute atomic E-state index is 14.7. The van der Waals surface area contributed by atoms with Gasteiger partial charge in [-0.05, 0) is 31.0 Å². The second kappa shape index (κ2) is 9.88. The van der Waals surface area contributed by atoms with Crippen molar-refractivity contribution in [3.05, 3.63) is 54.0 Å². The van der Waals surface area contributed by atoms with Crippen LogP contribution in [-0.2, 0) is 17.5 Å². The lowest BCUT2D eigenvalue weighted by Gasteiger charge is -2.41. The van der Waals surface area contributed by atoms with Gasteiger partial charge in [0.1, 0.15) is 5.82 Å². The van der Waals surface area contributed by atoms with E-state index in [1.165, 1.54) is 6.07 Å². The fraction of sp³-hybridized carbons (Fsp3) is 0.435. The predicted molar refractivity (Wildman–Crippen MR) is 129 cm³/mol. The lowest BCUT2D eigenvalue weighted by atomic mass is 9.99. The molecule has 3 atom stereocenters. The Hall–Kier alpha value is -3.09. The number of aromatic nitrogens is 5. The average molecular weight is 498 g/mol. The summed E-state index contributed by atoms with van der Waals surface area (Å²) in [7, 11) is 0. The minimum absolute atomic E-state index is 0.00977. The molecule has 1 saturated heterocycles. The van der Waals surface area contributed by atoms with Crippen LogP contribution in [0.5, 0.6) is 0 Å². The monoisotopic (exact) mass is 497 g/mol. The minimum Gasteiger partial charge on any atom is -0.771 e. The van der Waals surface area contributed by atoms with Gasteiger partial charge in [-0.2, -0.15) is 4.39 Å². The normalized spacial score (nSPS) is 21.6. The summed E-state index contributed by atoms with van der Waals surface area (Å²) in [5.74, 6) is 1.00. The Bertz CT molecular complexity index is 1230. The van der Waals surface area contributed by atoms with Crippen molar-refractivity contribution in [1.82, 2.24) is 29.8 Å². The van der Waals surface area contributed by atoms with Crippen molar-refractivity contribution >= 4 is 22.6 Å². The maximum atomic E-state index is 14.7. The van der Waals surface area contributed by atoms with Crippen LogP contribution in [0.4, 0.5) is 15.9 Å². The molecule has 0 amide bonds. The Balaban J connectivity index is 1.36. The van der Waals surface area contributed by atoms with Gasteiger partial charge in [0.15, 0.2) is 11.6 Å². The van der Waals surface area contributed by atoms with Crippen LogP contribution >= 0.6 is 0 Å². The number of hydrogen-bond donors (Lipinski definition) is 0. The van der Waals surface area contributed by atoms with Gasteiger partial charge < -0.3 is 14.4 Å². The SMILES string of the molecule is CC1CN(c2cc(F)nc(N3CCc4nc(-c5ncccn5)ncc4C3C)c2)CCN1CS(=O)[O-]. The molecule has 3 unspecified atom stereocenters. The van der Waals surface area contributed by atoms with E-state index in [9.17, 15) is 13.2 Å². The Morgan fingerprint density at radius 2 is 1.89 bits per heavy atom. The summed E-state index contributed by atoms with van der Waals surface area (Å²) in [4.78, 5) is 27.9. The topological polar surface area (TPSA) is 114 Å². The number of hydrogen-bond acceptors (Lipinski definition) is 10. The molecule has 184 valence electrons. The number of piperazine rings is 1. The van der Waals surface area contributed by atoms with Crippen LogP contribution in [0.2, 0.25) is 0 Å². The lowest BCUT2D eigenvalue weighted by Crippen LogP contribution is -2.52. The molecule has 12 heteroatoms. The molecule has 0 spiro atoms. The summed E-state index contributed by atoms with van der Waals surface area (Å²) in [6.45, 7) is 6.46. The number of halogens is 1. The van der Waals surface area contributed by atoms with Crippen LogP contribution in [0.3, 0.4) is 0 Å². The molecule has 35 heavy (non-hydrogen) atoms. The van der Waals surface area contributed by atoms with Crippen molar-refractivity contribution in [2.75, 3.05) is 41.9 Å². The van der Waals surface area contributed by atoms with Crippen molar-refractivity contribution in [2.24, 2.45) is 0 Å². The molecule has 0 aliphatic carbocycles. The highest BCUT2D eigenvalue weighted by Crippen LogP contribution is 2.34. The summed E-state index contributed by atoms with van der Waals surface area (Å²) in [5.41, 5.74) is 2.65. The predicted octanol–water partition coefficient (Wildman–Crippen LogP) is 1.94. The molecule has 5 heterocycles. The van der Waals surface area contributed by atoms with Gasteiger partial charge in [-0.25, -0.2) is 24.9 Å². The molecule has 0 N–H and O–H groups in total. The summed E-state index contributed by atoms with van der Waals surface area (Å²) in [6.07, 6.45) is 5.78. The van der Waals surface area contributed by atoms with E-state index in [1.54, 1.807) is 24.7 Å². The second-order valence-electron chi connectivity index (χ2n) is 8.83. The van der Waals surface area contributed by atoms with Gasteiger partial charge in [-0.1, -0.05) is 0 Å². The van der Waals surface area contributed by atoms with Crippen molar-refractivity contribution in [3.8, 4) is 11.6 Å². The van der Waals surface area contributed by atoms with Crippen LogP contribution in [0, 0.1) is 5.95 Å². The molecule has 3 aromatic heterocycles. The fourth-order valence-corrected chi connectivity index (χ4v) is 5.41.